The first-order chi connectivity index (χ1) is 15.2. The van der Waals surface area contributed by atoms with Gasteiger partial charge in [0.2, 0.25) is 5.91 Å². The number of nitrogen functional groups attached to an aromatic ring is 1. The summed E-state index contributed by atoms with van der Waals surface area (Å²) in [5, 5.41) is 11.6. The Morgan fingerprint density at radius 2 is 1.88 bits per heavy atom. The molecule has 9 nitrogen and oxygen atoms in total. The Balaban J connectivity index is 1.67. The van der Waals surface area contributed by atoms with Gasteiger partial charge < -0.3 is 20.7 Å². The first-order valence-electron chi connectivity index (χ1n) is 11.0. The number of hydrogen-bond acceptors (Lipinski definition) is 8. The summed E-state index contributed by atoms with van der Waals surface area (Å²) in [5.74, 6) is 1.48. The van der Waals surface area contributed by atoms with Crippen LogP contribution in [0.15, 0.2) is 30.6 Å². The highest BCUT2D eigenvalue weighted by atomic mass is 16.5. The van der Waals surface area contributed by atoms with E-state index in [4.69, 9.17) is 15.9 Å². The summed E-state index contributed by atoms with van der Waals surface area (Å²) in [6, 6.07) is 7.29. The largest absolute Gasteiger partial charge is 0.491 e. The lowest BCUT2D eigenvalue weighted by atomic mass is 10.0. The third-order valence-corrected chi connectivity index (χ3v) is 5.09. The fraction of sp³-hybridized carbons (Fsp3) is 0.478. The highest BCUT2D eigenvalue weighted by Gasteiger charge is 2.21. The van der Waals surface area contributed by atoms with E-state index in [-0.39, 0.29) is 23.8 Å². The van der Waals surface area contributed by atoms with Gasteiger partial charge in [0.1, 0.15) is 17.9 Å². The van der Waals surface area contributed by atoms with Gasteiger partial charge in [-0.15, -0.1) is 0 Å². The molecule has 0 atom stereocenters. The third-order valence-electron chi connectivity index (χ3n) is 5.09. The molecule has 1 amide bonds. The standard InChI is InChI=1S/C23H33N7O2/c1-15(2)28-22(31)13-29-7-9-30(10-8-29)21-12-20(26-14-27-21)23(25)18-11-17(32-16(3)4)5-6-19(18)24/h5-6,11-12,14-16,25H,7-10,13,24H2,1-4H3,(H,28,31). The lowest BCUT2D eigenvalue weighted by Gasteiger charge is -2.35. The highest BCUT2D eigenvalue weighted by molar-refractivity contribution is 6.13. The molecule has 0 radical (unpaired) electrons. The van der Waals surface area contributed by atoms with Crippen molar-refractivity contribution in [1.82, 2.24) is 20.2 Å². The molecule has 1 aromatic heterocycles. The minimum atomic E-state index is 0.0291. The number of rotatable bonds is 8. The Hall–Kier alpha value is -3.20. The molecular formula is C23H33N7O2. The predicted octanol–water partition coefficient (Wildman–Crippen LogP) is 1.91. The number of aromatic nitrogens is 2. The Kier molecular flexibility index (Phi) is 7.63. The Bertz CT molecular complexity index is 953. The number of nitrogens with two attached hydrogens (primary N) is 1. The zero-order valence-electron chi connectivity index (χ0n) is 19.3. The number of ether oxygens (including phenoxy) is 1. The smallest absolute Gasteiger partial charge is 0.234 e. The molecule has 0 saturated carbocycles. The van der Waals surface area contributed by atoms with Crippen LogP contribution >= 0.6 is 0 Å². The first-order valence-corrected chi connectivity index (χ1v) is 11.0. The van der Waals surface area contributed by atoms with E-state index in [2.05, 4.69) is 25.1 Å². The maximum Gasteiger partial charge on any atom is 0.234 e. The van der Waals surface area contributed by atoms with E-state index in [9.17, 15) is 4.79 Å². The van der Waals surface area contributed by atoms with Gasteiger partial charge in [-0.05, 0) is 45.9 Å². The van der Waals surface area contributed by atoms with Crippen molar-refractivity contribution in [3.05, 3.63) is 41.9 Å². The molecule has 2 heterocycles. The average Bonchev–Trinajstić information content (AvgIpc) is 2.74. The molecule has 172 valence electrons. The Morgan fingerprint density at radius 3 is 2.53 bits per heavy atom. The first kappa shape index (κ1) is 23.5. The van der Waals surface area contributed by atoms with Gasteiger partial charge in [0, 0.05) is 49.5 Å². The van der Waals surface area contributed by atoms with Crippen LogP contribution < -0.4 is 20.7 Å². The van der Waals surface area contributed by atoms with Crippen LogP contribution in [0.2, 0.25) is 0 Å². The maximum absolute atomic E-state index is 12.0. The van der Waals surface area contributed by atoms with Crippen molar-refractivity contribution in [1.29, 1.82) is 5.41 Å². The van der Waals surface area contributed by atoms with E-state index >= 15 is 0 Å². The van der Waals surface area contributed by atoms with Gasteiger partial charge in [0.05, 0.1) is 24.1 Å². The summed E-state index contributed by atoms with van der Waals surface area (Å²) in [7, 11) is 0. The fourth-order valence-electron chi connectivity index (χ4n) is 3.60. The van der Waals surface area contributed by atoms with Crippen LogP contribution in [0.3, 0.4) is 0 Å². The molecule has 1 aromatic carbocycles. The SMILES string of the molecule is CC(C)NC(=O)CN1CCN(c2cc(C(=N)c3cc(OC(C)C)ccc3N)ncn2)CC1. The van der Waals surface area contributed by atoms with Gasteiger partial charge in [-0.3, -0.25) is 15.1 Å². The van der Waals surface area contributed by atoms with Gasteiger partial charge in [0.25, 0.3) is 0 Å². The van der Waals surface area contributed by atoms with Crippen LogP contribution in [-0.4, -0.2) is 71.4 Å². The van der Waals surface area contributed by atoms with Crippen LogP contribution in [0.4, 0.5) is 11.5 Å². The summed E-state index contributed by atoms with van der Waals surface area (Å²) in [5.41, 5.74) is 7.94. The van der Waals surface area contributed by atoms with Gasteiger partial charge in [-0.25, -0.2) is 9.97 Å². The van der Waals surface area contributed by atoms with Crippen LogP contribution in [0, 0.1) is 5.41 Å². The van der Waals surface area contributed by atoms with E-state index < -0.39 is 0 Å². The average molecular weight is 440 g/mol. The van der Waals surface area contributed by atoms with E-state index in [1.54, 1.807) is 18.2 Å². The minimum Gasteiger partial charge on any atom is -0.491 e. The summed E-state index contributed by atoms with van der Waals surface area (Å²) >= 11 is 0. The number of piperazine rings is 1. The van der Waals surface area contributed by atoms with Crippen LogP contribution in [0.1, 0.15) is 39.0 Å². The van der Waals surface area contributed by atoms with Crippen LogP contribution in [-0.2, 0) is 4.79 Å². The van der Waals surface area contributed by atoms with E-state index in [1.165, 1.54) is 6.33 Å². The highest BCUT2D eigenvalue weighted by Crippen LogP contribution is 2.24. The molecule has 2 aromatic rings. The Labute approximate surface area is 189 Å². The van der Waals surface area contributed by atoms with Crippen molar-refractivity contribution in [3.8, 4) is 5.75 Å². The number of hydrogen-bond donors (Lipinski definition) is 3. The number of nitrogens with zero attached hydrogens (tertiary/aromatic N) is 4. The van der Waals surface area contributed by atoms with Gasteiger partial charge >= 0.3 is 0 Å². The van der Waals surface area contributed by atoms with Crippen LogP contribution in [0.5, 0.6) is 5.75 Å². The predicted molar refractivity (Wildman–Crippen MR) is 127 cm³/mol. The number of anilines is 2. The quantitative estimate of drug-likeness (QED) is 0.424. The summed E-state index contributed by atoms with van der Waals surface area (Å²) in [6.07, 6.45) is 1.51. The number of amides is 1. The van der Waals surface area contributed by atoms with Gasteiger partial charge in [-0.2, -0.15) is 0 Å². The van der Waals surface area contributed by atoms with Crippen molar-refractivity contribution in [2.75, 3.05) is 43.4 Å². The number of carbonyl (C=O) groups is 1. The van der Waals surface area contributed by atoms with E-state index in [1.807, 2.05) is 33.8 Å². The molecule has 1 saturated heterocycles. The fourth-order valence-corrected chi connectivity index (χ4v) is 3.60. The zero-order valence-corrected chi connectivity index (χ0v) is 19.3. The second-order valence-corrected chi connectivity index (χ2v) is 8.54. The third kappa shape index (κ3) is 6.16. The second kappa shape index (κ2) is 10.4. The lowest BCUT2D eigenvalue weighted by molar-refractivity contribution is -0.122. The summed E-state index contributed by atoms with van der Waals surface area (Å²) in [6.45, 7) is 11.3. The molecule has 9 heteroatoms. The van der Waals surface area contributed by atoms with Crippen molar-refractivity contribution >= 4 is 23.1 Å². The molecule has 0 spiro atoms. The molecule has 4 N–H and O–H groups in total. The number of nitrogens with one attached hydrogen (secondary N) is 2. The molecule has 1 aliphatic heterocycles. The number of benzene rings is 1. The number of carbonyl (C=O) groups excluding carboxylic acids is 1. The van der Waals surface area contributed by atoms with Crippen molar-refractivity contribution in [2.24, 2.45) is 0 Å². The summed E-state index contributed by atoms with van der Waals surface area (Å²) in [4.78, 5) is 25.0. The monoisotopic (exact) mass is 439 g/mol. The zero-order chi connectivity index (χ0) is 23.3. The molecule has 0 unspecified atom stereocenters. The molecule has 32 heavy (non-hydrogen) atoms. The molecule has 1 fully saturated rings. The lowest BCUT2D eigenvalue weighted by Crippen LogP contribution is -2.50. The topological polar surface area (TPSA) is 120 Å². The van der Waals surface area contributed by atoms with Crippen molar-refractivity contribution in [3.63, 3.8) is 0 Å². The summed E-state index contributed by atoms with van der Waals surface area (Å²) < 4.78 is 5.75. The normalized spacial score (nSPS) is 14.6. The van der Waals surface area contributed by atoms with Crippen molar-refractivity contribution < 1.29 is 9.53 Å². The second-order valence-electron chi connectivity index (χ2n) is 8.54. The minimum absolute atomic E-state index is 0.0291. The molecule has 1 aliphatic rings. The van der Waals surface area contributed by atoms with Gasteiger partial charge in [-0.1, -0.05) is 0 Å². The van der Waals surface area contributed by atoms with Gasteiger partial charge in [0.15, 0.2) is 0 Å². The van der Waals surface area contributed by atoms with E-state index in [0.717, 1.165) is 32.0 Å². The molecule has 3 rings (SSSR count). The maximum atomic E-state index is 12.0. The Morgan fingerprint density at radius 1 is 1.16 bits per heavy atom. The molecule has 0 aliphatic carbocycles. The van der Waals surface area contributed by atoms with Crippen molar-refractivity contribution in [2.45, 2.75) is 39.8 Å². The molecule has 0 bridgehead atoms. The van der Waals surface area contributed by atoms with Crippen LogP contribution in [0.25, 0.3) is 0 Å². The van der Waals surface area contributed by atoms with E-state index in [0.29, 0.717) is 29.2 Å². The molecular weight excluding hydrogens is 406 g/mol.